The van der Waals surface area contributed by atoms with E-state index in [-0.39, 0.29) is 18.9 Å². The number of carbonyl (C=O) groups is 2. The molecule has 0 saturated heterocycles. The molecule has 1 aromatic carbocycles. The number of nitrogens with zero attached hydrogens (tertiary/aromatic N) is 1. The number of amides is 1. The zero-order chi connectivity index (χ0) is 20.0. The number of hydrogen-bond donors (Lipinski definition) is 1. The summed E-state index contributed by atoms with van der Waals surface area (Å²) in [4.78, 5) is 26.2. The third-order valence-corrected chi connectivity index (χ3v) is 4.56. The quantitative estimate of drug-likeness (QED) is 0.703. The number of allylic oxidation sites excluding steroid dienone is 1. The van der Waals surface area contributed by atoms with E-state index < -0.39 is 17.9 Å². The number of ether oxygens (including phenoxy) is 3. The molecule has 0 spiro atoms. The normalized spacial score (nSPS) is 17.1. The molecule has 0 aliphatic carbocycles. The van der Waals surface area contributed by atoms with Crippen molar-refractivity contribution in [1.82, 2.24) is 4.90 Å². The number of rotatable bonds is 8. The van der Waals surface area contributed by atoms with Gasteiger partial charge in [-0.15, -0.1) is 6.58 Å². The van der Waals surface area contributed by atoms with Crippen molar-refractivity contribution in [2.24, 2.45) is 0 Å². The lowest BCUT2D eigenvalue weighted by Gasteiger charge is -2.33. The van der Waals surface area contributed by atoms with E-state index >= 15 is 0 Å². The minimum Gasteiger partial charge on any atom is -0.493 e. The summed E-state index contributed by atoms with van der Waals surface area (Å²) in [5.41, 5.74) is 0.646. The smallest absolute Gasteiger partial charge is 0.326 e. The van der Waals surface area contributed by atoms with E-state index in [4.69, 9.17) is 14.2 Å². The SMILES string of the molecule is C=CC[C@H](C(=O)N1CC=CC[C@H]1C(=O)O)c1cc(OC)c(OC)c(OC)c1. The minimum absolute atomic E-state index is 0.258. The van der Waals surface area contributed by atoms with Crippen LogP contribution in [0.2, 0.25) is 0 Å². The maximum absolute atomic E-state index is 13.2. The van der Waals surface area contributed by atoms with E-state index in [1.807, 2.05) is 0 Å². The van der Waals surface area contributed by atoms with Crippen molar-refractivity contribution in [3.05, 3.63) is 42.5 Å². The fourth-order valence-corrected chi connectivity index (χ4v) is 3.19. The number of carbonyl (C=O) groups excluding carboxylic acids is 1. The Hall–Kier alpha value is -2.96. The Bertz CT molecular complexity index is 717. The van der Waals surface area contributed by atoms with E-state index in [2.05, 4.69) is 6.58 Å². The molecule has 0 saturated carbocycles. The minimum atomic E-state index is -1.02. The molecule has 1 aromatic rings. The monoisotopic (exact) mass is 375 g/mol. The molecule has 0 bridgehead atoms. The molecule has 1 heterocycles. The standard InChI is InChI=1S/C20H25NO6/c1-5-8-14(19(22)21-10-7-6-9-15(21)20(23)24)13-11-16(25-2)18(27-4)17(12-13)26-3/h5-7,11-12,14-15H,1,8-10H2,2-4H3,(H,23,24)/t14-,15-/m0/s1. The van der Waals surface area contributed by atoms with Gasteiger partial charge in [-0.3, -0.25) is 4.79 Å². The highest BCUT2D eigenvalue weighted by Crippen LogP contribution is 2.41. The largest absolute Gasteiger partial charge is 0.493 e. The predicted molar refractivity (Wildman–Crippen MR) is 101 cm³/mol. The van der Waals surface area contributed by atoms with Gasteiger partial charge in [-0.25, -0.2) is 4.79 Å². The van der Waals surface area contributed by atoms with Crippen LogP contribution in [0.3, 0.4) is 0 Å². The predicted octanol–water partition coefficient (Wildman–Crippen LogP) is 2.61. The highest BCUT2D eigenvalue weighted by molar-refractivity contribution is 5.89. The molecular weight excluding hydrogens is 350 g/mol. The second kappa shape index (κ2) is 9.12. The summed E-state index contributed by atoms with van der Waals surface area (Å²) < 4.78 is 16.1. The maximum atomic E-state index is 13.2. The zero-order valence-corrected chi connectivity index (χ0v) is 15.8. The summed E-state index contributed by atoms with van der Waals surface area (Å²) in [6.45, 7) is 4.00. The summed E-state index contributed by atoms with van der Waals surface area (Å²) in [5.74, 6) is -0.609. The average molecular weight is 375 g/mol. The Kier molecular flexibility index (Phi) is 6.87. The summed E-state index contributed by atoms with van der Waals surface area (Å²) in [6, 6.07) is 2.54. The van der Waals surface area contributed by atoms with Crippen LogP contribution in [0.1, 0.15) is 24.3 Å². The average Bonchev–Trinajstić information content (AvgIpc) is 2.70. The summed E-state index contributed by atoms with van der Waals surface area (Å²) in [6.07, 6.45) is 5.87. The summed E-state index contributed by atoms with van der Waals surface area (Å²) in [5, 5.41) is 9.47. The van der Waals surface area contributed by atoms with Crippen LogP contribution in [0, 0.1) is 0 Å². The Labute approximate surface area is 158 Å². The van der Waals surface area contributed by atoms with E-state index in [1.54, 1.807) is 30.4 Å². The van der Waals surface area contributed by atoms with E-state index in [1.165, 1.54) is 26.2 Å². The topological polar surface area (TPSA) is 85.3 Å². The van der Waals surface area contributed by atoms with E-state index in [0.717, 1.165) is 0 Å². The van der Waals surface area contributed by atoms with Gasteiger partial charge in [0.1, 0.15) is 6.04 Å². The van der Waals surface area contributed by atoms with Crippen molar-refractivity contribution in [3.63, 3.8) is 0 Å². The molecule has 7 nitrogen and oxygen atoms in total. The number of benzene rings is 1. The van der Waals surface area contributed by atoms with Crippen LogP contribution in [0.25, 0.3) is 0 Å². The summed E-state index contributed by atoms with van der Waals surface area (Å²) >= 11 is 0. The number of methoxy groups -OCH3 is 3. The van der Waals surface area contributed by atoms with Crippen molar-refractivity contribution in [2.75, 3.05) is 27.9 Å². The second-order valence-electron chi connectivity index (χ2n) is 6.09. The van der Waals surface area contributed by atoms with Gasteiger partial charge in [-0.1, -0.05) is 18.2 Å². The molecule has 1 aliphatic rings. The van der Waals surface area contributed by atoms with Gasteiger partial charge >= 0.3 is 5.97 Å². The van der Waals surface area contributed by atoms with E-state index in [0.29, 0.717) is 29.2 Å². The molecule has 1 aliphatic heterocycles. The molecule has 7 heteroatoms. The van der Waals surface area contributed by atoms with Crippen molar-refractivity contribution in [3.8, 4) is 17.2 Å². The molecule has 0 unspecified atom stereocenters. The number of carboxylic acids is 1. The highest BCUT2D eigenvalue weighted by Gasteiger charge is 2.34. The van der Waals surface area contributed by atoms with Gasteiger partial charge < -0.3 is 24.2 Å². The molecule has 0 fully saturated rings. The van der Waals surface area contributed by atoms with Crippen molar-refractivity contribution < 1.29 is 28.9 Å². The number of aliphatic carboxylic acids is 1. The molecule has 1 N–H and O–H groups in total. The molecule has 2 atom stereocenters. The molecule has 1 amide bonds. The second-order valence-corrected chi connectivity index (χ2v) is 6.09. The van der Waals surface area contributed by atoms with Crippen LogP contribution >= 0.6 is 0 Å². The molecule has 27 heavy (non-hydrogen) atoms. The third-order valence-electron chi connectivity index (χ3n) is 4.56. The first-order valence-electron chi connectivity index (χ1n) is 8.57. The first kappa shape index (κ1) is 20.4. The van der Waals surface area contributed by atoms with Crippen LogP contribution in [0.4, 0.5) is 0 Å². The fourth-order valence-electron chi connectivity index (χ4n) is 3.19. The van der Waals surface area contributed by atoms with E-state index in [9.17, 15) is 14.7 Å². The van der Waals surface area contributed by atoms with Gasteiger partial charge in [0.25, 0.3) is 0 Å². The van der Waals surface area contributed by atoms with Crippen molar-refractivity contribution in [2.45, 2.75) is 24.8 Å². The molecule has 2 rings (SSSR count). The van der Waals surface area contributed by atoms with Gasteiger partial charge in [-0.05, 0) is 30.5 Å². The van der Waals surface area contributed by atoms with Crippen LogP contribution in [-0.2, 0) is 9.59 Å². The van der Waals surface area contributed by atoms with Gasteiger partial charge in [0.15, 0.2) is 11.5 Å². The Balaban J connectivity index is 2.47. The van der Waals surface area contributed by atoms with Gasteiger partial charge in [0, 0.05) is 6.54 Å². The number of carboxylic acid groups (broad SMARTS) is 1. The van der Waals surface area contributed by atoms with Gasteiger partial charge in [-0.2, -0.15) is 0 Å². The Morgan fingerprint density at radius 3 is 2.33 bits per heavy atom. The molecule has 0 aromatic heterocycles. The first-order valence-corrected chi connectivity index (χ1v) is 8.57. The summed E-state index contributed by atoms with van der Waals surface area (Å²) in [7, 11) is 4.51. The lowest BCUT2D eigenvalue weighted by Crippen LogP contribution is -2.48. The lowest BCUT2D eigenvalue weighted by atomic mass is 9.92. The number of hydrogen-bond acceptors (Lipinski definition) is 5. The molecule has 0 radical (unpaired) electrons. The van der Waals surface area contributed by atoms with Crippen LogP contribution in [0.5, 0.6) is 17.2 Å². The molecular formula is C20H25NO6. The highest BCUT2D eigenvalue weighted by atomic mass is 16.5. The lowest BCUT2D eigenvalue weighted by molar-refractivity contribution is -0.150. The zero-order valence-electron chi connectivity index (χ0n) is 15.8. The Morgan fingerprint density at radius 2 is 1.85 bits per heavy atom. The third kappa shape index (κ3) is 4.24. The van der Waals surface area contributed by atoms with Crippen LogP contribution < -0.4 is 14.2 Å². The van der Waals surface area contributed by atoms with Crippen molar-refractivity contribution >= 4 is 11.9 Å². The van der Waals surface area contributed by atoms with Crippen LogP contribution in [-0.4, -0.2) is 55.8 Å². The first-order chi connectivity index (χ1) is 13.0. The Morgan fingerprint density at radius 1 is 1.22 bits per heavy atom. The van der Waals surface area contributed by atoms with Crippen LogP contribution in [0.15, 0.2) is 36.9 Å². The molecule has 146 valence electrons. The maximum Gasteiger partial charge on any atom is 0.326 e. The van der Waals surface area contributed by atoms with Gasteiger partial charge in [0.2, 0.25) is 11.7 Å². The van der Waals surface area contributed by atoms with Crippen molar-refractivity contribution in [1.29, 1.82) is 0 Å². The van der Waals surface area contributed by atoms with Gasteiger partial charge in [0.05, 0.1) is 27.2 Å². The fraction of sp³-hybridized carbons (Fsp3) is 0.400.